The van der Waals surface area contributed by atoms with E-state index in [0.29, 0.717) is 5.82 Å². The van der Waals surface area contributed by atoms with Crippen LogP contribution in [0.3, 0.4) is 0 Å². The molecule has 1 N–H and O–H groups in total. The molecule has 0 saturated carbocycles. The monoisotopic (exact) mass is 109 g/mol. The summed E-state index contributed by atoms with van der Waals surface area (Å²) in [6.45, 7) is 0. The quantitative estimate of drug-likeness (QED) is 0.536. The van der Waals surface area contributed by atoms with Gasteiger partial charge in [0.2, 0.25) is 5.82 Å². The predicted octanol–water partition coefficient (Wildman–Crippen LogP) is 0.502. The third-order valence-electron chi connectivity index (χ3n) is 0.950. The van der Waals surface area contributed by atoms with Crippen LogP contribution in [0.1, 0.15) is 0 Å². The molecule has 0 amide bonds. The summed E-state index contributed by atoms with van der Waals surface area (Å²) in [5.74, 6) is 0.715. The summed E-state index contributed by atoms with van der Waals surface area (Å²) in [6, 6.07) is 1.75. The minimum Gasteiger partial charge on any atom is -0.388 e. The summed E-state index contributed by atoms with van der Waals surface area (Å²) in [6.07, 6.45) is 1.52. The average Bonchev–Trinajstić information content (AvgIpc) is 1.72. The number of aromatic nitrogens is 3. The molecule has 0 atom stereocenters. The van der Waals surface area contributed by atoms with E-state index in [1.165, 1.54) is 6.26 Å². The van der Waals surface area contributed by atoms with Crippen LogP contribution < -0.4 is 0 Å². The fourth-order valence-corrected chi connectivity index (χ4v) is 0.531. The van der Waals surface area contributed by atoms with E-state index in [1.54, 1.807) is 6.07 Å². The Morgan fingerprint density at radius 1 is 1.50 bits per heavy atom. The largest absolute Gasteiger partial charge is 0.388 e. The van der Waals surface area contributed by atoms with Crippen molar-refractivity contribution >= 4 is 0 Å². The van der Waals surface area contributed by atoms with Gasteiger partial charge < -0.3 is 4.52 Å². The Labute approximate surface area is 44.8 Å². The number of hydrogen-bond donors (Lipinski definition) is 1. The molecule has 0 bridgehead atoms. The topological polar surface area (TPSA) is 54.7 Å². The van der Waals surface area contributed by atoms with Crippen LogP contribution in [-0.2, 0) is 0 Å². The van der Waals surface area contributed by atoms with Crippen molar-refractivity contribution in [1.82, 2.24) is 15.4 Å². The number of hydrogen-bond acceptors (Lipinski definition) is 3. The number of H-pyrrole nitrogens is 1. The van der Waals surface area contributed by atoms with E-state index in [4.69, 9.17) is 0 Å². The van der Waals surface area contributed by atoms with Crippen molar-refractivity contribution in [2.75, 3.05) is 0 Å². The smallest absolute Gasteiger partial charge is 0.209 e. The molecule has 0 radical (unpaired) electrons. The van der Waals surface area contributed by atoms with Crippen LogP contribution >= 0.6 is 0 Å². The van der Waals surface area contributed by atoms with Crippen molar-refractivity contribution in [2.24, 2.45) is 0 Å². The molecule has 0 aliphatic carbocycles. The maximum absolute atomic E-state index is 4.66. The van der Waals surface area contributed by atoms with Crippen LogP contribution in [0, 0.1) is 0 Å². The van der Waals surface area contributed by atoms with Gasteiger partial charge in [-0.3, -0.25) is 0 Å². The maximum Gasteiger partial charge on any atom is 0.209 e. The van der Waals surface area contributed by atoms with Crippen LogP contribution in [0.25, 0.3) is 11.5 Å². The van der Waals surface area contributed by atoms with E-state index in [9.17, 15) is 0 Å². The van der Waals surface area contributed by atoms with Gasteiger partial charge in [-0.1, -0.05) is 0 Å². The van der Waals surface area contributed by atoms with Crippen molar-refractivity contribution in [3.8, 4) is 11.5 Å². The van der Waals surface area contributed by atoms with Gasteiger partial charge in [-0.25, -0.2) is 5.16 Å². The zero-order valence-corrected chi connectivity index (χ0v) is 3.96. The van der Waals surface area contributed by atoms with Crippen molar-refractivity contribution in [2.45, 2.75) is 0 Å². The summed E-state index contributed by atoms with van der Waals surface area (Å²) in [4.78, 5) is 0. The Kier molecular flexibility index (Phi) is 0.498. The molecule has 0 spiro atoms. The lowest BCUT2D eigenvalue weighted by Crippen LogP contribution is -1.99. The van der Waals surface area contributed by atoms with Crippen molar-refractivity contribution in [1.29, 1.82) is 0 Å². The van der Waals surface area contributed by atoms with Crippen molar-refractivity contribution in [3.05, 3.63) is 12.3 Å². The zero-order valence-electron chi connectivity index (χ0n) is 3.96. The number of nitrogens with zero attached hydrogens (tertiary/aromatic N) is 2. The Balaban J connectivity index is 2.78. The fourth-order valence-electron chi connectivity index (χ4n) is 0.531. The molecule has 40 valence electrons. The van der Waals surface area contributed by atoms with E-state index in [1.807, 2.05) is 0 Å². The normalized spacial score (nSPS) is 10.5. The minimum atomic E-state index is 0.715. The van der Waals surface area contributed by atoms with Gasteiger partial charge in [-0.15, -0.1) is 10.2 Å². The molecule has 0 aromatic heterocycles. The second-order valence-corrected chi connectivity index (χ2v) is 1.46. The predicted molar refractivity (Wildman–Crippen MR) is 25.3 cm³/mol. The molecule has 2 heterocycles. The van der Waals surface area contributed by atoms with Gasteiger partial charge >= 0.3 is 0 Å². The highest BCUT2D eigenvalue weighted by molar-refractivity contribution is 5.48. The highest BCUT2D eigenvalue weighted by Gasteiger charge is 2.06. The first-order valence-electron chi connectivity index (χ1n) is 2.21. The van der Waals surface area contributed by atoms with Gasteiger partial charge in [-0.05, 0) is 0 Å². The van der Waals surface area contributed by atoms with E-state index in [-0.39, 0.29) is 0 Å². The Morgan fingerprint density at radius 3 is 2.88 bits per heavy atom. The summed E-state index contributed by atoms with van der Waals surface area (Å²) in [5.41, 5.74) is 0.858. The summed E-state index contributed by atoms with van der Waals surface area (Å²) in [5, 5.41) is 9.83. The van der Waals surface area contributed by atoms with Crippen LogP contribution in [0.15, 0.2) is 16.9 Å². The number of fused-ring (bicyclic) bond motifs is 1. The molecule has 2 aliphatic rings. The van der Waals surface area contributed by atoms with Gasteiger partial charge in [0.25, 0.3) is 0 Å². The van der Waals surface area contributed by atoms with Gasteiger partial charge in [0.1, 0.15) is 12.0 Å². The molecule has 2 rings (SSSR count). The first-order valence-corrected chi connectivity index (χ1v) is 2.21. The highest BCUT2D eigenvalue weighted by atomic mass is 16.5. The van der Waals surface area contributed by atoms with Gasteiger partial charge in [0, 0.05) is 6.07 Å². The zero-order chi connectivity index (χ0) is 5.40. The lowest BCUT2D eigenvalue weighted by Gasteiger charge is -2.00. The van der Waals surface area contributed by atoms with Crippen LogP contribution in [0.2, 0.25) is 0 Å². The lowest BCUT2D eigenvalue weighted by molar-refractivity contribution is 0.393. The number of rotatable bonds is 0. The minimum absolute atomic E-state index is 0.715. The lowest BCUT2D eigenvalue weighted by atomic mass is 10.4. The first-order chi connectivity index (χ1) is 3.97. The number of aromatic amines is 1. The van der Waals surface area contributed by atoms with E-state index < -0.39 is 0 Å². The maximum atomic E-state index is 4.66. The molecule has 0 unspecified atom stereocenters. The molecule has 0 aromatic carbocycles. The van der Waals surface area contributed by atoms with Crippen LogP contribution in [0.5, 0.6) is 0 Å². The Hall–Kier alpha value is -1.32. The second-order valence-electron chi connectivity index (χ2n) is 1.46. The van der Waals surface area contributed by atoms with Gasteiger partial charge in [-0.2, -0.15) is 0 Å². The van der Waals surface area contributed by atoms with Crippen LogP contribution in [-0.4, -0.2) is 15.4 Å². The molecule has 0 fully saturated rings. The fraction of sp³-hybridized carbons (Fsp3) is 0. The van der Waals surface area contributed by atoms with Gasteiger partial charge in [0.05, 0.1) is 0 Å². The van der Waals surface area contributed by atoms with Gasteiger partial charge in [0.15, 0.2) is 0 Å². The molecule has 4 nitrogen and oxygen atoms in total. The first kappa shape index (κ1) is 3.65. The molecule has 4 heteroatoms. The summed E-state index contributed by atoms with van der Waals surface area (Å²) >= 11 is 0. The average molecular weight is 109 g/mol. The van der Waals surface area contributed by atoms with Crippen molar-refractivity contribution < 1.29 is 4.52 Å². The second kappa shape index (κ2) is 1.09. The SMILES string of the molecule is c1cc2nnc-2[nH]o1. The molecular weight excluding hydrogens is 106 g/mol. The molecule has 0 saturated heterocycles. The summed E-state index contributed by atoms with van der Waals surface area (Å²) in [7, 11) is 0. The standard InChI is InChI=1S/C4H3N3O/c1-2-8-7-4-3(1)5-6-4/h1-2H,(H,6,7). The summed E-state index contributed by atoms with van der Waals surface area (Å²) < 4.78 is 4.66. The molecule has 2 aliphatic heterocycles. The van der Waals surface area contributed by atoms with E-state index in [2.05, 4.69) is 19.9 Å². The molecule has 8 heavy (non-hydrogen) atoms. The van der Waals surface area contributed by atoms with Crippen molar-refractivity contribution in [3.63, 3.8) is 0 Å². The molecular formula is C4H3N3O. The third-order valence-corrected chi connectivity index (χ3v) is 0.950. The van der Waals surface area contributed by atoms with E-state index >= 15 is 0 Å². The number of nitrogens with one attached hydrogen (secondary N) is 1. The molecule has 0 aromatic rings. The van der Waals surface area contributed by atoms with Crippen LogP contribution in [0.4, 0.5) is 0 Å². The van der Waals surface area contributed by atoms with E-state index in [0.717, 1.165) is 5.69 Å². The Bertz CT molecular complexity index is 221. The highest BCUT2D eigenvalue weighted by Crippen LogP contribution is 2.11. The Morgan fingerprint density at radius 2 is 2.50 bits per heavy atom. The third kappa shape index (κ3) is 0.294.